The molecule has 0 saturated carbocycles. The van der Waals surface area contributed by atoms with Gasteiger partial charge >= 0.3 is 0 Å². The van der Waals surface area contributed by atoms with E-state index in [-0.39, 0.29) is 5.91 Å². The lowest BCUT2D eigenvalue weighted by Gasteiger charge is -2.10. The van der Waals surface area contributed by atoms with E-state index in [9.17, 15) is 4.79 Å². The molecule has 7 nitrogen and oxygen atoms in total. The van der Waals surface area contributed by atoms with Crippen LogP contribution in [0.1, 0.15) is 10.5 Å². The summed E-state index contributed by atoms with van der Waals surface area (Å²) in [7, 11) is 3.96. The molecule has 1 heterocycles. The summed E-state index contributed by atoms with van der Waals surface area (Å²) in [5, 5.41) is 8.90. The van der Waals surface area contributed by atoms with Gasteiger partial charge in [-0.1, -0.05) is 0 Å². The Kier molecular flexibility index (Phi) is 5.44. The summed E-state index contributed by atoms with van der Waals surface area (Å²) in [5.74, 6) is -0.267. The number of hydrogen-bond acceptors (Lipinski definition) is 5. The standard InChI is InChI=1S/C10H19N5O2/c1-15(2)4-6-17-5-3-12-10(16)9-8(11)7-13-14-9/h7H,3-6,11H2,1-2H3,(H,12,16)(H,13,14). The Bertz CT molecular complexity index is 350. The number of hydrogen-bond donors (Lipinski definition) is 3. The highest BCUT2D eigenvalue weighted by Gasteiger charge is 2.10. The normalized spacial score (nSPS) is 10.8. The average Bonchev–Trinajstić information content (AvgIpc) is 2.69. The van der Waals surface area contributed by atoms with E-state index in [0.717, 1.165) is 6.54 Å². The van der Waals surface area contributed by atoms with E-state index in [1.54, 1.807) is 0 Å². The second kappa shape index (κ2) is 6.87. The van der Waals surface area contributed by atoms with Gasteiger partial charge in [-0.3, -0.25) is 9.89 Å². The van der Waals surface area contributed by atoms with Gasteiger partial charge in [0.1, 0.15) is 5.69 Å². The van der Waals surface area contributed by atoms with Crippen LogP contribution in [0.2, 0.25) is 0 Å². The van der Waals surface area contributed by atoms with Crippen molar-refractivity contribution in [2.45, 2.75) is 0 Å². The first-order valence-corrected chi connectivity index (χ1v) is 5.40. The summed E-state index contributed by atoms with van der Waals surface area (Å²) in [6, 6.07) is 0. The van der Waals surface area contributed by atoms with Gasteiger partial charge in [-0.05, 0) is 14.1 Å². The highest BCUT2D eigenvalue weighted by atomic mass is 16.5. The zero-order chi connectivity index (χ0) is 12.7. The van der Waals surface area contributed by atoms with Gasteiger partial charge in [0.15, 0.2) is 0 Å². The number of carbonyl (C=O) groups excluding carboxylic acids is 1. The fourth-order valence-electron chi connectivity index (χ4n) is 1.15. The minimum absolute atomic E-state index is 0.267. The van der Waals surface area contributed by atoms with Crippen LogP contribution in [-0.4, -0.2) is 61.4 Å². The molecular formula is C10H19N5O2. The van der Waals surface area contributed by atoms with E-state index in [4.69, 9.17) is 10.5 Å². The van der Waals surface area contributed by atoms with Gasteiger partial charge in [-0.15, -0.1) is 0 Å². The minimum Gasteiger partial charge on any atom is -0.396 e. The maximum Gasteiger partial charge on any atom is 0.271 e. The van der Waals surface area contributed by atoms with Crippen LogP contribution in [0.15, 0.2) is 6.20 Å². The van der Waals surface area contributed by atoms with Crippen LogP contribution in [0, 0.1) is 0 Å². The molecule has 1 amide bonds. The molecule has 0 radical (unpaired) electrons. The van der Waals surface area contributed by atoms with Crippen LogP contribution in [0.25, 0.3) is 0 Å². The zero-order valence-corrected chi connectivity index (χ0v) is 10.2. The molecule has 7 heteroatoms. The number of nitrogen functional groups attached to an aromatic ring is 1. The van der Waals surface area contributed by atoms with Crippen LogP contribution in [-0.2, 0) is 4.74 Å². The lowest BCUT2D eigenvalue weighted by atomic mass is 10.3. The van der Waals surface area contributed by atoms with Crippen LogP contribution in [0.4, 0.5) is 5.69 Å². The van der Waals surface area contributed by atoms with E-state index >= 15 is 0 Å². The maximum absolute atomic E-state index is 11.5. The van der Waals surface area contributed by atoms with E-state index in [1.807, 2.05) is 19.0 Å². The number of nitrogens with zero attached hydrogens (tertiary/aromatic N) is 2. The lowest BCUT2D eigenvalue weighted by Crippen LogP contribution is -2.29. The van der Waals surface area contributed by atoms with Gasteiger partial charge in [0.05, 0.1) is 25.1 Å². The van der Waals surface area contributed by atoms with Gasteiger partial charge in [-0.25, -0.2) is 0 Å². The molecule has 0 aliphatic rings. The number of ether oxygens (including phenoxy) is 1. The summed E-state index contributed by atoms with van der Waals surface area (Å²) >= 11 is 0. The van der Waals surface area contributed by atoms with Crippen LogP contribution >= 0.6 is 0 Å². The Morgan fingerprint density at radius 1 is 1.59 bits per heavy atom. The number of amides is 1. The Balaban J connectivity index is 2.11. The van der Waals surface area contributed by atoms with Gasteiger partial charge in [0.25, 0.3) is 5.91 Å². The number of nitrogens with one attached hydrogen (secondary N) is 2. The van der Waals surface area contributed by atoms with E-state index in [2.05, 4.69) is 15.5 Å². The first-order chi connectivity index (χ1) is 8.11. The molecule has 0 bridgehead atoms. The summed E-state index contributed by atoms with van der Waals surface area (Å²) < 4.78 is 5.33. The molecule has 0 aromatic carbocycles. The zero-order valence-electron chi connectivity index (χ0n) is 10.2. The second-order valence-electron chi connectivity index (χ2n) is 3.87. The van der Waals surface area contributed by atoms with Gasteiger partial charge in [0, 0.05) is 13.1 Å². The maximum atomic E-state index is 11.5. The summed E-state index contributed by atoms with van der Waals surface area (Å²) in [5.41, 5.74) is 6.17. The molecular weight excluding hydrogens is 222 g/mol. The van der Waals surface area contributed by atoms with Crippen molar-refractivity contribution in [2.24, 2.45) is 0 Å². The Hall–Kier alpha value is -1.60. The summed E-state index contributed by atoms with van der Waals surface area (Å²) in [6.07, 6.45) is 1.41. The lowest BCUT2D eigenvalue weighted by molar-refractivity contribution is 0.0896. The number of nitrogens with two attached hydrogens (primary N) is 1. The smallest absolute Gasteiger partial charge is 0.271 e. The molecule has 0 aliphatic heterocycles. The molecule has 0 unspecified atom stereocenters. The first kappa shape index (κ1) is 13.5. The fourth-order valence-corrected chi connectivity index (χ4v) is 1.15. The van der Waals surface area contributed by atoms with Crippen molar-refractivity contribution in [3.05, 3.63) is 11.9 Å². The Morgan fingerprint density at radius 3 is 2.94 bits per heavy atom. The number of anilines is 1. The van der Waals surface area contributed by atoms with Crippen molar-refractivity contribution in [3.8, 4) is 0 Å². The highest BCUT2D eigenvalue weighted by molar-refractivity contribution is 5.96. The molecule has 1 aromatic rings. The monoisotopic (exact) mass is 241 g/mol. The van der Waals surface area contributed by atoms with Crippen molar-refractivity contribution >= 4 is 11.6 Å². The molecule has 0 saturated heterocycles. The third-order valence-corrected chi connectivity index (χ3v) is 2.11. The summed E-state index contributed by atoms with van der Waals surface area (Å²) in [6.45, 7) is 2.44. The van der Waals surface area contributed by atoms with Crippen molar-refractivity contribution in [2.75, 3.05) is 46.1 Å². The topological polar surface area (TPSA) is 96.3 Å². The Morgan fingerprint density at radius 2 is 2.35 bits per heavy atom. The molecule has 4 N–H and O–H groups in total. The molecule has 0 aliphatic carbocycles. The van der Waals surface area contributed by atoms with Crippen molar-refractivity contribution < 1.29 is 9.53 Å². The number of likely N-dealkylation sites (N-methyl/N-ethyl adjacent to an activating group) is 1. The van der Waals surface area contributed by atoms with Crippen LogP contribution in [0.5, 0.6) is 0 Å². The molecule has 0 atom stereocenters. The van der Waals surface area contributed by atoms with Crippen LogP contribution in [0.3, 0.4) is 0 Å². The first-order valence-electron chi connectivity index (χ1n) is 5.40. The van der Waals surface area contributed by atoms with E-state index in [1.165, 1.54) is 6.20 Å². The average molecular weight is 241 g/mol. The molecule has 1 aromatic heterocycles. The van der Waals surface area contributed by atoms with Crippen LogP contribution < -0.4 is 11.1 Å². The number of H-pyrrole nitrogens is 1. The largest absolute Gasteiger partial charge is 0.396 e. The SMILES string of the molecule is CN(C)CCOCCNC(=O)c1[nH]ncc1N. The number of aromatic nitrogens is 2. The minimum atomic E-state index is -0.267. The van der Waals surface area contributed by atoms with E-state index < -0.39 is 0 Å². The number of aromatic amines is 1. The predicted octanol–water partition coefficient (Wildman–Crippen LogP) is -0.700. The third kappa shape index (κ3) is 4.83. The molecule has 96 valence electrons. The van der Waals surface area contributed by atoms with E-state index in [0.29, 0.717) is 31.1 Å². The number of carbonyl (C=O) groups is 1. The Labute approximate surface area is 100 Å². The predicted molar refractivity (Wildman–Crippen MR) is 64.7 cm³/mol. The van der Waals surface area contributed by atoms with Crippen molar-refractivity contribution in [1.29, 1.82) is 0 Å². The van der Waals surface area contributed by atoms with Gasteiger partial charge in [0.2, 0.25) is 0 Å². The second-order valence-corrected chi connectivity index (χ2v) is 3.87. The molecule has 1 rings (SSSR count). The van der Waals surface area contributed by atoms with Gasteiger partial charge < -0.3 is 20.7 Å². The van der Waals surface area contributed by atoms with Crippen molar-refractivity contribution in [3.63, 3.8) is 0 Å². The molecule has 0 fully saturated rings. The molecule has 0 spiro atoms. The molecule has 17 heavy (non-hydrogen) atoms. The van der Waals surface area contributed by atoms with Crippen molar-refractivity contribution in [1.82, 2.24) is 20.4 Å². The third-order valence-electron chi connectivity index (χ3n) is 2.11. The highest BCUT2D eigenvalue weighted by Crippen LogP contribution is 2.04. The summed E-state index contributed by atoms with van der Waals surface area (Å²) in [4.78, 5) is 13.6. The number of rotatable bonds is 7. The fraction of sp³-hybridized carbons (Fsp3) is 0.600. The van der Waals surface area contributed by atoms with Gasteiger partial charge in [-0.2, -0.15) is 5.10 Å². The quantitative estimate of drug-likeness (QED) is 0.549.